The smallest absolute Gasteiger partial charge is 0.234 e. The molecule has 17 heavy (non-hydrogen) atoms. The minimum Gasteiger partial charge on any atom is -0.398 e. The van der Waals surface area contributed by atoms with Gasteiger partial charge in [-0.15, -0.1) is 0 Å². The van der Waals surface area contributed by atoms with Crippen LogP contribution in [-0.4, -0.2) is 23.4 Å². The van der Waals surface area contributed by atoms with Crippen LogP contribution in [0.3, 0.4) is 0 Å². The van der Waals surface area contributed by atoms with Gasteiger partial charge in [-0.05, 0) is 37.1 Å². The van der Waals surface area contributed by atoms with Crippen molar-refractivity contribution in [3.05, 3.63) is 29.6 Å². The van der Waals surface area contributed by atoms with Gasteiger partial charge in [-0.25, -0.2) is 4.39 Å². The van der Waals surface area contributed by atoms with Gasteiger partial charge >= 0.3 is 0 Å². The first-order valence-electron chi connectivity index (χ1n) is 5.65. The van der Waals surface area contributed by atoms with Crippen molar-refractivity contribution in [2.24, 2.45) is 5.73 Å². The molecule has 1 fully saturated rings. The number of hydrogen-bond donors (Lipinski definition) is 2. The molecule has 1 aliphatic rings. The lowest BCUT2D eigenvalue weighted by atomic mass is 10.1. The molecule has 92 valence electrons. The summed E-state index contributed by atoms with van der Waals surface area (Å²) in [4.78, 5) is 13.2. The molecule has 4 N–H and O–H groups in total. The van der Waals surface area contributed by atoms with Crippen molar-refractivity contribution in [2.45, 2.75) is 25.4 Å². The molecule has 1 aromatic rings. The first-order valence-corrected chi connectivity index (χ1v) is 5.65. The average Bonchev–Trinajstić information content (AvgIpc) is 2.70. The molecule has 1 heterocycles. The Balaban J connectivity index is 2.12. The summed E-state index contributed by atoms with van der Waals surface area (Å²) in [5.74, 6) is -0.651. The number of amides is 1. The van der Waals surface area contributed by atoms with Gasteiger partial charge < -0.3 is 11.5 Å². The average molecular weight is 237 g/mol. The topological polar surface area (TPSA) is 72.4 Å². The van der Waals surface area contributed by atoms with Crippen LogP contribution >= 0.6 is 0 Å². The van der Waals surface area contributed by atoms with E-state index < -0.39 is 0 Å². The van der Waals surface area contributed by atoms with Crippen LogP contribution in [0.25, 0.3) is 0 Å². The Hall–Kier alpha value is -1.62. The Morgan fingerprint density at radius 1 is 1.53 bits per heavy atom. The van der Waals surface area contributed by atoms with Crippen molar-refractivity contribution in [1.29, 1.82) is 0 Å². The van der Waals surface area contributed by atoms with Crippen molar-refractivity contribution in [1.82, 2.24) is 4.90 Å². The number of rotatable bonds is 3. The van der Waals surface area contributed by atoms with Crippen LogP contribution in [0.2, 0.25) is 0 Å². The fourth-order valence-corrected chi connectivity index (χ4v) is 2.27. The van der Waals surface area contributed by atoms with Gasteiger partial charge in [-0.2, -0.15) is 0 Å². The molecule has 5 heteroatoms. The van der Waals surface area contributed by atoms with Crippen molar-refractivity contribution >= 4 is 11.6 Å². The van der Waals surface area contributed by atoms with Gasteiger partial charge in [0.25, 0.3) is 0 Å². The van der Waals surface area contributed by atoms with Gasteiger partial charge in [-0.3, -0.25) is 9.69 Å². The number of anilines is 1. The number of benzene rings is 1. The van der Waals surface area contributed by atoms with Crippen LogP contribution in [0.15, 0.2) is 18.2 Å². The summed E-state index contributed by atoms with van der Waals surface area (Å²) in [5, 5.41) is 0. The van der Waals surface area contributed by atoms with E-state index in [1.165, 1.54) is 12.1 Å². The van der Waals surface area contributed by atoms with Crippen LogP contribution in [0.5, 0.6) is 0 Å². The molecule has 1 unspecified atom stereocenters. The van der Waals surface area contributed by atoms with Gasteiger partial charge in [0.1, 0.15) is 5.82 Å². The zero-order valence-electron chi connectivity index (χ0n) is 9.53. The van der Waals surface area contributed by atoms with Crippen LogP contribution in [0, 0.1) is 5.82 Å². The molecular weight excluding hydrogens is 221 g/mol. The highest BCUT2D eigenvalue weighted by Crippen LogP contribution is 2.22. The number of likely N-dealkylation sites (tertiary alicyclic amines) is 1. The fourth-order valence-electron chi connectivity index (χ4n) is 2.27. The lowest BCUT2D eigenvalue weighted by Crippen LogP contribution is -2.39. The number of carbonyl (C=O) groups is 1. The largest absolute Gasteiger partial charge is 0.398 e. The SMILES string of the molecule is NC(=O)C1CCCN1Cc1ccc(F)cc1N. The Kier molecular flexibility index (Phi) is 3.28. The van der Waals surface area contributed by atoms with Crippen LogP contribution in [-0.2, 0) is 11.3 Å². The second-order valence-electron chi connectivity index (χ2n) is 4.37. The lowest BCUT2D eigenvalue weighted by Gasteiger charge is -2.22. The predicted octanol–water partition coefficient (Wildman–Crippen LogP) is 0.858. The van der Waals surface area contributed by atoms with Crippen LogP contribution in [0.1, 0.15) is 18.4 Å². The maximum Gasteiger partial charge on any atom is 0.234 e. The lowest BCUT2D eigenvalue weighted by molar-refractivity contribution is -0.122. The molecule has 4 nitrogen and oxygen atoms in total. The third-order valence-electron chi connectivity index (χ3n) is 3.17. The number of nitrogen functional groups attached to an aromatic ring is 1. The highest BCUT2D eigenvalue weighted by molar-refractivity contribution is 5.80. The molecule has 1 amide bonds. The first-order chi connectivity index (χ1) is 8.08. The standard InChI is InChI=1S/C12H16FN3O/c13-9-4-3-8(10(14)6-9)7-16-5-1-2-11(16)12(15)17/h3-4,6,11H,1-2,5,7,14H2,(H2,15,17). The monoisotopic (exact) mass is 237 g/mol. The van der Waals surface area contributed by atoms with E-state index in [-0.39, 0.29) is 17.8 Å². The molecule has 1 aliphatic heterocycles. The number of halogens is 1. The third-order valence-corrected chi connectivity index (χ3v) is 3.17. The van der Waals surface area contributed by atoms with Crippen molar-refractivity contribution in [3.8, 4) is 0 Å². The van der Waals surface area contributed by atoms with Gasteiger partial charge in [0, 0.05) is 12.2 Å². The molecule has 0 aliphatic carbocycles. The Bertz CT molecular complexity index is 436. The summed E-state index contributed by atoms with van der Waals surface area (Å²) in [5.41, 5.74) is 12.3. The van der Waals surface area contributed by atoms with E-state index in [4.69, 9.17) is 11.5 Å². The van der Waals surface area contributed by atoms with E-state index in [1.54, 1.807) is 6.07 Å². The summed E-state index contributed by atoms with van der Waals surface area (Å²) < 4.78 is 12.9. The Morgan fingerprint density at radius 3 is 2.94 bits per heavy atom. The summed E-state index contributed by atoms with van der Waals surface area (Å²) in [6.45, 7) is 1.37. The van der Waals surface area contributed by atoms with Crippen LogP contribution < -0.4 is 11.5 Å². The Morgan fingerprint density at radius 2 is 2.29 bits per heavy atom. The zero-order valence-corrected chi connectivity index (χ0v) is 9.53. The molecule has 0 aromatic heterocycles. The molecule has 0 bridgehead atoms. The quantitative estimate of drug-likeness (QED) is 0.766. The van der Waals surface area contributed by atoms with E-state index in [9.17, 15) is 9.18 Å². The normalized spacial score (nSPS) is 20.6. The zero-order chi connectivity index (χ0) is 12.4. The van der Waals surface area contributed by atoms with Gasteiger partial charge in [-0.1, -0.05) is 6.07 Å². The van der Waals surface area contributed by atoms with Gasteiger partial charge in [0.15, 0.2) is 0 Å². The maximum atomic E-state index is 12.9. The van der Waals surface area contributed by atoms with Crippen molar-refractivity contribution in [3.63, 3.8) is 0 Å². The predicted molar refractivity (Wildman–Crippen MR) is 63.4 cm³/mol. The molecule has 1 atom stereocenters. The summed E-state index contributed by atoms with van der Waals surface area (Å²) in [7, 11) is 0. The Labute approximate surface area is 99.4 Å². The third kappa shape index (κ3) is 2.55. The van der Waals surface area contributed by atoms with Gasteiger partial charge in [0.05, 0.1) is 6.04 Å². The molecule has 1 aromatic carbocycles. The fraction of sp³-hybridized carbons (Fsp3) is 0.417. The molecule has 1 saturated heterocycles. The molecule has 0 spiro atoms. The number of primary amides is 1. The second-order valence-corrected chi connectivity index (χ2v) is 4.37. The molecular formula is C12H16FN3O. The molecule has 0 radical (unpaired) electrons. The minimum atomic E-state index is -0.348. The number of hydrogen-bond acceptors (Lipinski definition) is 3. The number of carbonyl (C=O) groups excluding carboxylic acids is 1. The van der Waals surface area contributed by atoms with E-state index >= 15 is 0 Å². The molecule has 0 saturated carbocycles. The first kappa shape index (κ1) is 11.9. The summed E-state index contributed by atoms with van der Waals surface area (Å²) >= 11 is 0. The highest BCUT2D eigenvalue weighted by atomic mass is 19.1. The van der Waals surface area contributed by atoms with Crippen molar-refractivity contribution < 1.29 is 9.18 Å². The number of nitrogens with two attached hydrogens (primary N) is 2. The summed E-state index contributed by atoms with van der Waals surface area (Å²) in [6, 6.07) is 4.10. The number of nitrogens with zero attached hydrogens (tertiary/aromatic N) is 1. The van der Waals surface area contributed by atoms with Crippen LogP contribution in [0.4, 0.5) is 10.1 Å². The van der Waals surface area contributed by atoms with E-state index in [0.717, 1.165) is 24.9 Å². The minimum absolute atomic E-state index is 0.223. The second kappa shape index (κ2) is 4.71. The van der Waals surface area contributed by atoms with Gasteiger partial charge in [0.2, 0.25) is 5.91 Å². The van der Waals surface area contributed by atoms with E-state index in [1.807, 2.05) is 4.90 Å². The van der Waals surface area contributed by atoms with E-state index in [0.29, 0.717) is 12.2 Å². The summed E-state index contributed by atoms with van der Waals surface area (Å²) in [6.07, 6.45) is 1.74. The molecule has 2 rings (SSSR count). The maximum absolute atomic E-state index is 12.9. The van der Waals surface area contributed by atoms with Crippen molar-refractivity contribution in [2.75, 3.05) is 12.3 Å². The highest BCUT2D eigenvalue weighted by Gasteiger charge is 2.29. The van der Waals surface area contributed by atoms with E-state index in [2.05, 4.69) is 0 Å².